The third-order valence-corrected chi connectivity index (χ3v) is 7.83. The van der Waals surface area contributed by atoms with Crippen LogP contribution in [0, 0.1) is 5.92 Å². The Morgan fingerprint density at radius 2 is 2.12 bits per heavy atom. The number of nitrogens with one attached hydrogen (secondary N) is 3. The molecule has 1 aromatic carbocycles. The van der Waals surface area contributed by atoms with E-state index in [9.17, 15) is 21.5 Å². The molecule has 186 valence electrons. The van der Waals surface area contributed by atoms with Crippen molar-refractivity contribution >= 4 is 21.8 Å². The molecule has 4 rings (SSSR count). The summed E-state index contributed by atoms with van der Waals surface area (Å²) in [4.78, 5) is 14.8. The largest absolute Gasteiger partial charge is 0.495 e. The van der Waals surface area contributed by atoms with Crippen LogP contribution in [-0.4, -0.2) is 57.5 Å². The number of rotatable bonds is 7. The van der Waals surface area contributed by atoms with Crippen molar-refractivity contribution < 1.29 is 26.2 Å². The minimum absolute atomic E-state index is 0.0545. The normalized spacial score (nSPS) is 27.7. The lowest BCUT2D eigenvalue weighted by atomic mass is 9.78. The van der Waals surface area contributed by atoms with Crippen LogP contribution in [-0.2, 0) is 15.0 Å². The molecule has 2 heterocycles. The fourth-order valence-corrected chi connectivity index (χ4v) is 5.84. The number of amides is 1. The van der Waals surface area contributed by atoms with Crippen LogP contribution in [0.4, 0.5) is 14.0 Å². The maximum Gasteiger partial charge on any atom is 0.335 e. The lowest BCUT2D eigenvalue weighted by molar-refractivity contribution is -0.131. The number of hydrogen-bond donors (Lipinski definition) is 3. The molecule has 3 N–H and O–H groups in total. The molecule has 3 atom stereocenters. The maximum absolute atomic E-state index is 14.5. The summed E-state index contributed by atoms with van der Waals surface area (Å²) in [5.41, 5.74) is 1.03. The number of fused-ring (bicyclic) bond motifs is 1. The number of carbonyl (C=O) groups excluding carboxylic acids is 1. The van der Waals surface area contributed by atoms with Crippen molar-refractivity contribution in [2.75, 3.05) is 32.1 Å². The summed E-state index contributed by atoms with van der Waals surface area (Å²) in [6.45, 7) is 5.62. The minimum Gasteiger partial charge on any atom is -0.495 e. The van der Waals surface area contributed by atoms with Gasteiger partial charge < -0.3 is 20.7 Å². The number of hydrogen-bond acceptors (Lipinski definition) is 7. The number of likely N-dealkylation sites (tertiary alicyclic amines) is 1. The van der Waals surface area contributed by atoms with Crippen LogP contribution in [0.1, 0.15) is 33.1 Å². The topological polar surface area (TPSA) is 99.8 Å². The first-order valence-electron chi connectivity index (χ1n) is 11.4. The smallest absolute Gasteiger partial charge is 0.335 e. The molecule has 0 radical (unpaired) electrons. The Kier molecular flexibility index (Phi) is 6.61. The van der Waals surface area contributed by atoms with Crippen LogP contribution in [0.5, 0.6) is 5.75 Å². The highest BCUT2D eigenvalue weighted by molar-refractivity contribution is 7.86. The summed E-state index contributed by atoms with van der Waals surface area (Å²) in [6.07, 6.45) is 3.25. The van der Waals surface area contributed by atoms with Crippen molar-refractivity contribution in [2.24, 2.45) is 5.92 Å². The standard InChI is InChI=1S/C23H30F2N4O4S/c1-4-26-18-11-14(24)10-17-21(18)28-22(30)23(17,2)29-9-5-6-16(13-29)27-15-7-8-20(34(25,31)32)19(12-15)33-3/h7-8,11-12,16-17,26-27H,4-6,9-10,13H2,1-3H3,(H,28,30)/t16-,17?,23?/m1/s1. The van der Waals surface area contributed by atoms with Gasteiger partial charge in [0.2, 0.25) is 5.91 Å². The van der Waals surface area contributed by atoms with Crippen LogP contribution in [0.3, 0.4) is 0 Å². The van der Waals surface area contributed by atoms with Crippen LogP contribution in [0.2, 0.25) is 0 Å². The zero-order valence-electron chi connectivity index (χ0n) is 19.5. The number of benzene rings is 1. The molecule has 11 heteroatoms. The minimum atomic E-state index is -4.90. The van der Waals surface area contributed by atoms with Gasteiger partial charge in [0.05, 0.1) is 12.8 Å². The molecule has 3 aliphatic rings. The number of allylic oxidation sites excluding steroid dienone is 2. The Labute approximate surface area is 198 Å². The molecule has 8 nitrogen and oxygen atoms in total. The second kappa shape index (κ2) is 9.18. The molecule has 0 aromatic heterocycles. The van der Waals surface area contributed by atoms with Gasteiger partial charge in [-0.1, -0.05) is 0 Å². The summed E-state index contributed by atoms with van der Waals surface area (Å²) < 4.78 is 55.7. The molecule has 0 saturated carbocycles. The Hall–Kier alpha value is -2.66. The predicted molar refractivity (Wildman–Crippen MR) is 124 cm³/mol. The van der Waals surface area contributed by atoms with Gasteiger partial charge in [0, 0.05) is 48.9 Å². The van der Waals surface area contributed by atoms with Crippen molar-refractivity contribution in [2.45, 2.75) is 49.6 Å². The highest BCUT2D eigenvalue weighted by atomic mass is 32.3. The Balaban J connectivity index is 1.55. The number of methoxy groups -OCH3 is 1. The van der Waals surface area contributed by atoms with Gasteiger partial charge in [-0.2, -0.15) is 8.42 Å². The summed E-state index contributed by atoms with van der Waals surface area (Å²) in [7, 11) is -3.63. The Bertz CT molecular complexity index is 1150. The van der Waals surface area contributed by atoms with Crippen LogP contribution >= 0.6 is 0 Å². The zero-order chi connectivity index (χ0) is 24.7. The van der Waals surface area contributed by atoms with Crippen molar-refractivity contribution in [3.63, 3.8) is 0 Å². The van der Waals surface area contributed by atoms with Crippen molar-refractivity contribution in [3.8, 4) is 5.75 Å². The van der Waals surface area contributed by atoms with Gasteiger partial charge in [0.25, 0.3) is 0 Å². The molecule has 0 spiro atoms. The van der Waals surface area contributed by atoms with Gasteiger partial charge in [0.1, 0.15) is 22.0 Å². The number of nitrogens with zero attached hydrogens (tertiary/aromatic N) is 1. The van der Waals surface area contributed by atoms with Gasteiger partial charge in [0.15, 0.2) is 0 Å². The van der Waals surface area contributed by atoms with E-state index in [1.54, 1.807) is 0 Å². The van der Waals surface area contributed by atoms with E-state index in [1.165, 1.54) is 31.4 Å². The first-order chi connectivity index (χ1) is 16.1. The van der Waals surface area contributed by atoms with Crippen LogP contribution < -0.4 is 20.7 Å². The lowest BCUT2D eigenvalue weighted by Crippen LogP contribution is -2.59. The van der Waals surface area contributed by atoms with Gasteiger partial charge >= 0.3 is 10.2 Å². The average molecular weight is 497 g/mol. The summed E-state index contributed by atoms with van der Waals surface area (Å²) in [6, 6.07) is 4.05. The molecule has 2 saturated heterocycles. The Morgan fingerprint density at radius 3 is 2.79 bits per heavy atom. The number of ether oxygens (including phenoxy) is 1. The summed E-state index contributed by atoms with van der Waals surface area (Å²) in [5, 5.41) is 9.50. The van der Waals surface area contributed by atoms with Crippen LogP contribution in [0.15, 0.2) is 46.4 Å². The van der Waals surface area contributed by atoms with Crippen LogP contribution in [0.25, 0.3) is 0 Å². The number of anilines is 1. The van der Waals surface area contributed by atoms with Crippen molar-refractivity contribution in [1.29, 1.82) is 0 Å². The molecular weight excluding hydrogens is 466 g/mol. The lowest BCUT2D eigenvalue weighted by Gasteiger charge is -2.45. The van der Waals surface area contributed by atoms with E-state index in [1.807, 2.05) is 13.8 Å². The average Bonchev–Trinajstić information content (AvgIpc) is 3.05. The SMILES string of the molecule is CCNC1=C2NC(=O)C(C)(N3CCC[C@@H](Nc4ccc(S(=O)(=O)F)c(OC)c4)C3)C2CC(F)=C1. The van der Waals surface area contributed by atoms with E-state index < -0.39 is 20.7 Å². The third-order valence-electron chi connectivity index (χ3n) is 6.97. The first kappa shape index (κ1) is 24.5. The molecule has 2 aliphatic heterocycles. The monoisotopic (exact) mass is 496 g/mol. The highest BCUT2D eigenvalue weighted by Gasteiger charge is 2.55. The van der Waals surface area contributed by atoms with E-state index in [2.05, 4.69) is 20.9 Å². The van der Waals surface area contributed by atoms with E-state index in [0.29, 0.717) is 31.0 Å². The fraction of sp³-hybridized carbons (Fsp3) is 0.522. The van der Waals surface area contributed by atoms with E-state index in [-0.39, 0.29) is 35.9 Å². The third kappa shape index (κ3) is 4.38. The van der Waals surface area contributed by atoms with Crippen molar-refractivity contribution in [1.82, 2.24) is 15.5 Å². The van der Waals surface area contributed by atoms with E-state index in [4.69, 9.17) is 4.74 Å². The molecule has 34 heavy (non-hydrogen) atoms. The van der Waals surface area contributed by atoms with Gasteiger partial charge in [-0.3, -0.25) is 9.69 Å². The molecule has 1 aliphatic carbocycles. The quantitative estimate of drug-likeness (QED) is 0.499. The maximum atomic E-state index is 14.5. The molecule has 2 fully saturated rings. The Morgan fingerprint density at radius 1 is 1.35 bits per heavy atom. The second-order valence-electron chi connectivity index (χ2n) is 9.04. The fourth-order valence-electron chi connectivity index (χ4n) is 5.23. The summed E-state index contributed by atoms with van der Waals surface area (Å²) in [5.74, 6) is -0.815. The molecule has 1 aromatic rings. The van der Waals surface area contributed by atoms with Crippen molar-refractivity contribution in [3.05, 3.63) is 41.5 Å². The first-order valence-corrected chi connectivity index (χ1v) is 12.8. The highest BCUT2D eigenvalue weighted by Crippen LogP contribution is 2.44. The van der Waals surface area contributed by atoms with E-state index in [0.717, 1.165) is 18.5 Å². The summed E-state index contributed by atoms with van der Waals surface area (Å²) >= 11 is 0. The number of likely N-dealkylation sites (N-methyl/N-ethyl adjacent to an activating group) is 1. The molecule has 1 amide bonds. The van der Waals surface area contributed by atoms with E-state index >= 15 is 0 Å². The molecule has 0 bridgehead atoms. The molecule has 2 unspecified atom stereocenters. The second-order valence-corrected chi connectivity index (χ2v) is 10.4. The van der Waals surface area contributed by atoms with Gasteiger partial charge in [-0.15, -0.1) is 3.89 Å². The molecular formula is C23H30F2N4O4S. The van der Waals surface area contributed by atoms with Gasteiger partial charge in [-0.25, -0.2) is 4.39 Å². The number of halogens is 2. The predicted octanol–water partition coefficient (Wildman–Crippen LogP) is 2.81. The number of piperidine rings is 1. The zero-order valence-corrected chi connectivity index (χ0v) is 20.3. The van der Waals surface area contributed by atoms with Gasteiger partial charge in [-0.05, 0) is 51.4 Å². The number of carbonyl (C=O) groups is 1.